The third-order valence-corrected chi connectivity index (χ3v) is 7.20. The molecule has 0 amide bonds. The van der Waals surface area contributed by atoms with Crippen LogP contribution in [0, 0.1) is 23.0 Å². The Balaban J connectivity index is 0.000000485. The molecular formula is C31H38Cl2Hf. The van der Waals surface area contributed by atoms with Crippen LogP contribution < -0.4 is 0 Å². The van der Waals surface area contributed by atoms with Crippen molar-refractivity contribution in [2.45, 2.75) is 54.4 Å². The third-order valence-electron chi connectivity index (χ3n) is 5.13. The van der Waals surface area contributed by atoms with Gasteiger partial charge in [-0.05, 0) is 10.8 Å². The summed E-state index contributed by atoms with van der Waals surface area (Å²) in [5, 5.41) is 0. The van der Waals surface area contributed by atoms with Crippen LogP contribution in [0.4, 0.5) is 0 Å². The van der Waals surface area contributed by atoms with Gasteiger partial charge in [-0.3, -0.25) is 12.2 Å². The van der Waals surface area contributed by atoms with E-state index in [2.05, 4.69) is 139 Å². The van der Waals surface area contributed by atoms with Crippen molar-refractivity contribution in [1.29, 1.82) is 0 Å². The Morgan fingerprint density at radius 3 is 1.15 bits per heavy atom. The van der Waals surface area contributed by atoms with Crippen molar-refractivity contribution in [3.8, 4) is 0 Å². The van der Waals surface area contributed by atoms with Crippen LogP contribution >= 0.6 is 24.8 Å². The van der Waals surface area contributed by atoms with Gasteiger partial charge in [0.1, 0.15) is 0 Å². The number of halogens is 2. The summed E-state index contributed by atoms with van der Waals surface area (Å²) in [7, 11) is 0. The number of hydrogen-bond donors (Lipinski definition) is 0. The minimum absolute atomic E-state index is 0. The first-order valence-corrected chi connectivity index (χ1v) is 13.1. The molecule has 4 rings (SSSR count). The van der Waals surface area contributed by atoms with Crippen molar-refractivity contribution in [2.24, 2.45) is 10.8 Å². The molecule has 3 heteroatoms. The van der Waals surface area contributed by atoms with Gasteiger partial charge in [-0.2, -0.15) is 12.2 Å². The molecule has 34 heavy (non-hydrogen) atoms. The van der Waals surface area contributed by atoms with Crippen molar-refractivity contribution in [2.75, 3.05) is 0 Å². The van der Waals surface area contributed by atoms with E-state index in [1.54, 1.807) is 0 Å². The molecule has 0 N–H and O–H groups in total. The van der Waals surface area contributed by atoms with E-state index in [0.29, 0.717) is 10.8 Å². The van der Waals surface area contributed by atoms with Gasteiger partial charge in [0.2, 0.25) is 0 Å². The summed E-state index contributed by atoms with van der Waals surface area (Å²) in [6.07, 6.45) is 17.3. The van der Waals surface area contributed by atoms with Crippen LogP contribution in [0.3, 0.4) is 0 Å². The third kappa shape index (κ3) is 11.4. The molecule has 0 saturated heterocycles. The van der Waals surface area contributed by atoms with Crippen molar-refractivity contribution in [1.82, 2.24) is 0 Å². The maximum absolute atomic E-state index is 3.30. The molecule has 0 heterocycles. The van der Waals surface area contributed by atoms with Crippen molar-refractivity contribution in [3.63, 3.8) is 0 Å². The van der Waals surface area contributed by atoms with Gasteiger partial charge >= 0.3 is 98.9 Å². The first-order chi connectivity index (χ1) is 15.1. The second kappa shape index (κ2) is 15.7. The summed E-state index contributed by atoms with van der Waals surface area (Å²) in [6, 6.07) is 21.2. The maximum atomic E-state index is 3.30. The molecule has 2 aliphatic rings. The van der Waals surface area contributed by atoms with E-state index >= 15 is 0 Å². The standard InChI is InChI=1S/C13H10.2C9H13.2ClH.Hf/c1-3-7-12(8-4-1)11-13-9-5-2-6-10-13;2*1-9(2,3)8-6-4-5-7-8;;;/h1-10H;2*4,6H,5H2,1-3H3;2*1H;/q;2*-1;;;+2. The fourth-order valence-electron chi connectivity index (χ4n) is 3.22. The predicted molar refractivity (Wildman–Crippen MR) is 151 cm³/mol. The van der Waals surface area contributed by atoms with Crippen molar-refractivity contribution < 1.29 is 23.9 Å². The molecule has 0 atom stereocenters. The number of benzene rings is 2. The quantitative estimate of drug-likeness (QED) is 0.223. The average molecular weight is 660 g/mol. The fraction of sp³-hybridized carbons (Fsp3) is 0.323. The van der Waals surface area contributed by atoms with Gasteiger partial charge in [0, 0.05) is 0 Å². The Bertz CT molecular complexity index is 902. The molecular weight excluding hydrogens is 622 g/mol. The fourth-order valence-corrected chi connectivity index (χ4v) is 4.41. The van der Waals surface area contributed by atoms with E-state index < -0.39 is 0 Å². The van der Waals surface area contributed by atoms with Crippen molar-refractivity contribution in [3.05, 3.63) is 119 Å². The van der Waals surface area contributed by atoms with E-state index in [4.69, 9.17) is 0 Å². The van der Waals surface area contributed by atoms with Gasteiger partial charge in [0.25, 0.3) is 0 Å². The van der Waals surface area contributed by atoms with Crippen LogP contribution in [0.1, 0.15) is 65.5 Å². The molecule has 0 aromatic heterocycles. The van der Waals surface area contributed by atoms with Crippen LogP contribution in [0.25, 0.3) is 0 Å². The van der Waals surface area contributed by atoms with Gasteiger partial charge in [-0.1, -0.05) is 41.5 Å². The first-order valence-electron chi connectivity index (χ1n) is 11.3. The topological polar surface area (TPSA) is 0 Å². The molecule has 0 saturated carbocycles. The zero-order valence-electron chi connectivity index (χ0n) is 21.3. The van der Waals surface area contributed by atoms with Gasteiger partial charge < -0.3 is 0 Å². The molecule has 2 aromatic carbocycles. The van der Waals surface area contributed by atoms with Gasteiger partial charge in [-0.25, -0.2) is 23.3 Å². The minimum atomic E-state index is 0. The Labute approximate surface area is 235 Å². The molecule has 0 nitrogen and oxygen atoms in total. The average Bonchev–Trinajstić information content (AvgIpc) is 3.49. The van der Waals surface area contributed by atoms with Gasteiger partial charge in [-0.15, -0.1) is 37.7 Å². The Morgan fingerprint density at radius 2 is 0.941 bits per heavy atom. The number of allylic oxidation sites excluding steroid dienone is 8. The molecule has 0 aliphatic heterocycles. The number of rotatable bonds is 2. The molecule has 180 valence electrons. The summed E-state index contributed by atoms with van der Waals surface area (Å²) < 4.78 is 1.46. The molecule has 0 spiro atoms. The van der Waals surface area contributed by atoms with Crippen LogP contribution in [0.5, 0.6) is 0 Å². The zero-order chi connectivity index (χ0) is 23.6. The van der Waals surface area contributed by atoms with E-state index in [-0.39, 0.29) is 24.8 Å². The van der Waals surface area contributed by atoms with Crippen LogP contribution in [0.2, 0.25) is 0 Å². The second-order valence-corrected chi connectivity index (χ2v) is 11.8. The Hall–Kier alpha value is -1.28. The predicted octanol–water partition coefficient (Wildman–Crippen LogP) is 9.09. The molecule has 2 aliphatic carbocycles. The molecule has 2 aromatic rings. The molecule has 0 radical (unpaired) electrons. The zero-order valence-corrected chi connectivity index (χ0v) is 26.5. The summed E-state index contributed by atoms with van der Waals surface area (Å²) in [5.41, 5.74) is 6.00. The molecule has 0 bridgehead atoms. The summed E-state index contributed by atoms with van der Waals surface area (Å²) in [6.45, 7) is 13.3. The van der Waals surface area contributed by atoms with Crippen LogP contribution in [-0.2, 0) is 23.9 Å². The second-order valence-electron chi connectivity index (χ2n) is 10.0. The number of hydrogen-bond acceptors (Lipinski definition) is 0. The van der Waals surface area contributed by atoms with Crippen molar-refractivity contribution >= 4 is 28.1 Å². The monoisotopic (exact) mass is 660 g/mol. The Morgan fingerprint density at radius 1 is 0.618 bits per heavy atom. The van der Waals surface area contributed by atoms with E-state index in [1.807, 2.05) is 0 Å². The van der Waals surface area contributed by atoms with Crippen LogP contribution in [-0.4, -0.2) is 3.26 Å². The summed E-state index contributed by atoms with van der Waals surface area (Å²) >= 11 is 1.08. The molecule has 0 unspecified atom stereocenters. The normalized spacial score (nSPS) is 13.8. The van der Waals surface area contributed by atoms with Gasteiger partial charge in [0.05, 0.1) is 0 Å². The Kier molecular flexibility index (Phi) is 15.1. The van der Waals surface area contributed by atoms with E-state index in [9.17, 15) is 0 Å². The van der Waals surface area contributed by atoms with Crippen LogP contribution in [0.15, 0.2) is 96.1 Å². The van der Waals surface area contributed by atoms with E-state index in [0.717, 1.165) is 36.7 Å². The van der Waals surface area contributed by atoms with Gasteiger partial charge in [0.15, 0.2) is 0 Å². The molecule has 0 fully saturated rings. The first kappa shape index (κ1) is 32.7. The summed E-state index contributed by atoms with van der Waals surface area (Å²) in [5.74, 6) is 0. The van der Waals surface area contributed by atoms with E-state index in [1.165, 1.54) is 25.5 Å². The summed E-state index contributed by atoms with van der Waals surface area (Å²) in [4.78, 5) is 0. The SMILES string of the molecule is CC(C)(C)C1=[C-]CC=C1.CC(C)(C)C1=[C-]CC=C1.Cl.Cl.[Hf+2]=[C](c1ccccc1)c1ccccc1.